The number of aromatic nitrogens is 4. The number of benzene rings is 4. The summed E-state index contributed by atoms with van der Waals surface area (Å²) in [6.07, 6.45) is 2.94. The first-order chi connectivity index (χ1) is 26.0. The molecule has 4 atom stereocenters. The van der Waals surface area contributed by atoms with Gasteiger partial charge in [0.1, 0.15) is 17.7 Å². The Morgan fingerprint density at radius 1 is 0.704 bits per heavy atom. The molecule has 0 saturated carbocycles. The first-order valence-electron chi connectivity index (χ1n) is 19.3. The number of aromatic amines is 2. The number of amides is 3. The maximum absolute atomic E-state index is 13.7. The van der Waals surface area contributed by atoms with Crippen molar-refractivity contribution >= 4 is 61.5 Å². The molecule has 0 radical (unpaired) electrons. The fraction of sp³-hybridized carbons (Fsp3) is 0.419. The standard InChI is InChI=1S/C43H49N7O4/c1-23(2)25(5)41(51)49-19-7-9-34(49)39-44-32-17-13-28-21-26(11-15-30(28)37(32)46-39)27-12-16-31-29(22-27)14-18-33-38(31)47-40(45-33)35-10-8-20-50(35)42(52)36(24(3)4)48-43(53)54-6/h11-18,21-25,34-36H,7-10,19-20H2,1-6H3,(H,44,46)(H,45,47)(H,48,53)/t25-,34-,35-,36-/m0/s1. The fourth-order valence-corrected chi connectivity index (χ4v) is 8.39. The van der Waals surface area contributed by atoms with E-state index in [1.54, 1.807) is 0 Å². The monoisotopic (exact) mass is 727 g/mol. The summed E-state index contributed by atoms with van der Waals surface area (Å²) in [6, 6.07) is 20.5. The van der Waals surface area contributed by atoms with Gasteiger partial charge in [-0.1, -0.05) is 71.0 Å². The summed E-state index contributed by atoms with van der Waals surface area (Å²) in [7, 11) is 1.30. The van der Waals surface area contributed by atoms with E-state index in [0.717, 1.165) is 98.6 Å². The third-order valence-electron chi connectivity index (χ3n) is 11.8. The molecule has 54 heavy (non-hydrogen) atoms. The number of methoxy groups -OCH3 is 1. The van der Waals surface area contributed by atoms with Crippen LogP contribution in [0.15, 0.2) is 60.7 Å². The smallest absolute Gasteiger partial charge is 0.407 e. The molecule has 280 valence electrons. The van der Waals surface area contributed by atoms with Crippen molar-refractivity contribution in [3.8, 4) is 11.1 Å². The maximum Gasteiger partial charge on any atom is 0.407 e. The van der Waals surface area contributed by atoms with Crippen LogP contribution in [0, 0.1) is 17.8 Å². The number of hydrogen-bond acceptors (Lipinski definition) is 6. The van der Waals surface area contributed by atoms with E-state index in [0.29, 0.717) is 12.5 Å². The second kappa shape index (κ2) is 14.1. The topological polar surface area (TPSA) is 136 Å². The summed E-state index contributed by atoms with van der Waals surface area (Å²) in [5, 5.41) is 7.10. The summed E-state index contributed by atoms with van der Waals surface area (Å²) < 4.78 is 4.79. The van der Waals surface area contributed by atoms with Gasteiger partial charge >= 0.3 is 6.09 Å². The van der Waals surface area contributed by atoms with Crippen LogP contribution in [-0.4, -0.2) is 73.9 Å². The lowest BCUT2D eigenvalue weighted by atomic mass is 9.96. The van der Waals surface area contributed by atoms with Gasteiger partial charge in [-0.05, 0) is 83.7 Å². The van der Waals surface area contributed by atoms with Gasteiger partial charge in [0.05, 0.1) is 41.3 Å². The van der Waals surface area contributed by atoms with Crippen LogP contribution in [0.2, 0.25) is 0 Å². The summed E-state index contributed by atoms with van der Waals surface area (Å²) in [5.41, 5.74) is 5.94. The number of carbonyl (C=O) groups is 3. The number of nitrogens with zero attached hydrogens (tertiary/aromatic N) is 4. The van der Waals surface area contributed by atoms with E-state index in [-0.39, 0.29) is 35.7 Å². The molecule has 3 N–H and O–H groups in total. The summed E-state index contributed by atoms with van der Waals surface area (Å²) in [4.78, 5) is 60.1. The quantitative estimate of drug-likeness (QED) is 0.144. The first-order valence-corrected chi connectivity index (χ1v) is 19.3. The van der Waals surface area contributed by atoms with Crippen LogP contribution in [0.5, 0.6) is 0 Å². The summed E-state index contributed by atoms with van der Waals surface area (Å²) in [6.45, 7) is 11.5. The molecular formula is C43H49N7O4. The minimum Gasteiger partial charge on any atom is -0.453 e. The van der Waals surface area contributed by atoms with Crippen molar-refractivity contribution in [2.75, 3.05) is 20.2 Å². The third kappa shape index (κ3) is 6.23. The van der Waals surface area contributed by atoms with Gasteiger partial charge in [-0.3, -0.25) is 9.59 Å². The number of fused-ring (bicyclic) bond motifs is 6. The number of ether oxygens (including phenoxy) is 1. The van der Waals surface area contributed by atoms with Crippen molar-refractivity contribution in [1.29, 1.82) is 0 Å². The molecular weight excluding hydrogens is 679 g/mol. The van der Waals surface area contributed by atoms with Crippen LogP contribution in [-0.2, 0) is 14.3 Å². The van der Waals surface area contributed by atoms with Crippen molar-refractivity contribution in [3.05, 3.63) is 72.3 Å². The molecule has 2 aliphatic rings. The zero-order chi connectivity index (χ0) is 37.8. The minimum absolute atomic E-state index is 0.0191. The number of hydrogen-bond donors (Lipinski definition) is 3. The van der Waals surface area contributed by atoms with Crippen LogP contribution in [0.25, 0.3) is 54.7 Å². The molecule has 2 fully saturated rings. The van der Waals surface area contributed by atoms with Gasteiger partial charge in [0, 0.05) is 29.8 Å². The van der Waals surface area contributed by atoms with Crippen LogP contribution < -0.4 is 5.32 Å². The zero-order valence-electron chi connectivity index (χ0n) is 31.9. The lowest BCUT2D eigenvalue weighted by Crippen LogP contribution is -2.51. The number of nitrogens with one attached hydrogen (secondary N) is 3. The van der Waals surface area contributed by atoms with Crippen LogP contribution in [0.4, 0.5) is 4.79 Å². The molecule has 0 unspecified atom stereocenters. The predicted octanol–water partition coefficient (Wildman–Crippen LogP) is 8.41. The van der Waals surface area contributed by atoms with E-state index < -0.39 is 12.1 Å². The molecule has 11 nitrogen and oxygen atoms in total. The molecule has 0 bridgehead atoms. The largest absolute Gasteiger partial charge is 0.453 e. The average Bonchev–Trinajstić information content (AvgIpc) is 4.00. The number of imidazole rings is 2. The van der Waals surface area contributed by atoms with E-state index in [1.165, 1.54) is 7.11 Å². The Labute approximate surface area is 314 Å². The number of H-pyrrole nitrogens is 2. The second-order valence-corrected chi connectivity index (χ2v) is 15.8. The molecule has 4 heterocycles. The summed E-state index contributed by atoms with van der Waals surface area (Å²) >= 11 is 0. The Morgan fingerprint density at radius 3 is 1.67 bits per heavy atom. The minimum atomic E-state index is -0.682. The van der Waals surface area contributed by atoms with Gasteiger partial charge in [0.2, 0.25) is 11.8 Å². The number of rotatable bonds is 8. The predicted molar refractivity (Wildman–Crippen MR) is 212 cm³/mol. The van der Waals surface area contributed by atoms with Crippen molar-refractivity contribution in [1.82, 2.24) is 35.1 Å². The molecule has 8 rings (SSSR count). The molecule has 2 saturated heterocycles. The molecule has 3 amide bonds. The molecule has 6 aromatic rings. The fourth-order valence-electron chi connectivity index (χ4n) is 8.39. The third-order valence-corrected chi connectivity index (χ3v) is 11.8. The van der Waals surface area contributed by atoms with E-state index in [1.807, 2.05) is 36.6 Å². The molecule has 11 heteroatoms. The highest BCUT2D eigenvalue weighted by Gasteiger charge is 2.38. The SMILES string of the molecule is COC(=O)N[C@H](C(=O)N1CCC[C@H]1c1nc2ccc3cc(-c4ccc5c(ccc6nc([C@@H]7CCCN7C(=O)[C@@H](C)C(C)C)[nH]c65)c4)ccc3c2[nH]1)C(C)C. The molecule has 4 aromatic carbocycles. The van der Waals surface area contributed by atoms with E-state index in [2.05, 4.69) is 83.7 Å². The van der Waals surface area contributed by atoms with Crippen molar-refractivity contribution in [2.45, 2.75) is 78.4 Å². The molecule has 2 aromatic heterocycles. The van der Waals surface area contributed by atoms with E-state index in [9.17, 15) is 14.4 Å². The van der Waals surface area contributed by atoms with Gasteiger partial charge < -0.3 is 29.8 Å². The lowest BCUT2D eigenvalue weighted by molar-refractivity contribution is -0.137. The van der Waals surface area contributed by atoms with Crippen molar-refractivity contribution < 1.29 is 19.1 Å². The van der Waals surface area contributed by atoms with Gasteiger partial charge in [-0.2, -0.15) is 0 Å². The van der Waals surface area contributed by atoms with E-state index in [4.69, 9.17) is 14.7 Å². The van der Waals surface area contributed by atoms with Gasteiger partial charge in [-0.25, -0.2) is 14.8 Å². The molecule has 0 spiro atoms. The normalized spacial score (nSPS) is 18.8. The number of carbonyl (C=O) groups excluding carboxylic acids is 3. The Morgan fingerprint density at radius 2 is 1.20 bits per heavy atom. The van der Waals surface area contributed by atoms with Gasteiger partial charge in [0.15, 0.2) is 0 Å². The lowest BCUT2D eigenvalue weighted by Gasteiger charge is -2.29. The highest BCUT2D eigenvalue weighted by atomic mass is 16.5. The highest BCUT2D eigenvalue weighted by molar-refractivity contribution is 6.07. The average molecular weight is 728 g/mol. The Kier molecular flexibility index (Phi) is 9.27. The highest BCUT2D eigenvalue weighted by Crippen LogP contribution is 2.38. The number of alkyl carbamates (subject to hydrolysis) is 1. The van der Waals surface area contributed by atoms with Crippen LogP contribution >= 0.6 is 0 Å². The van der Waals surface area contributed by atoms with E-state index >= 15 is 0 Å². The summed E-state index contributed by atoms with van der Waals surface area (Å²) in [5.74, 6) is 1.89. The maximum atomic E-state index is 13.7. The first kappa shape index (κ1) is 35.6. The van der Waals surface area contributed by atoms with Crippen LogP contribution in [0.3, 0.4) is 0 Å². The Balaban J connectivity index is 1.06. The second-order valence-electron chi connectivity index (χ2n) is 15.8. The molecule has 2 aliphatic heterocycles. The molecule has 0 aliphatic carbocycles. The Bertz CT molecular complexity index is 2410. The van der Waals surface area contributed by atoms with Crippen molar-refractivity contribution in [2.24, 2.45) is 17.8 Å². The zero-order valence-corrected chi connectivity index (χ0v) is 31.9. The van der Waals surface area contributed by atoms with Gasteiger partial charge in [0.25, 0.3) is 0 Å². The van der Waals surface area contributed by atoms with Crippen molar-refractivity contribution in [3.63, 3.8) is 0 Å². The number of likely N-dealkylation sites (tertiary alicyclic amines) is 2. The van der Waals surface area contributed by atoms with Gasteiger partial charge in [-0.15, -0.1) is 0 Å². The van der Waals surface area contributed by atoms with Crippen LogP contribution in [0.1, 0.15) is 84.0 Å². The Hall–Kier alpha value is -5.45.